The van der Waals surface area contributed by atoms with E-state index in [9.17, 15) is 0 Å². The zero-order valence-electron chi connectivity index (χ0n) is 10.8. The Labute approximate surface area is 103 Å². The molecule has 4 nitrogen and oxygen atoms in total. The molecule has 1 aromatic rings. The van der Waals surface area contributed by atoms with Crippen molar-refractivity contribution in [3.8, 4) is 0 Å². The molecule has 0 amide bonds. The van der Waals surface area contributed by atoms with Crippen LogP contribution in [0.2, 0.25) is 0 Å². The van der Waals surface area contributed by atoms with Gasteiger partial charge in [0.05, 0.1) is 5.69 Å². The molecule has 94 valence electrons. The van der Waals surface area contributed by atoms with Gasteiger partial charge in [0.2, 0.25) is 0 Å². The summed E-state index contributed by atoms with van der Waals surface area (Å²) < 4.78 is 0. The smallest absolute Gasteiger partial charge is 0.0564 e. The summed E-state index contributed by atoms with van der Waals surface area (Å²) in [6.45, 7) is 9.96. The lowest BCUT2D eigenvalue weighted by Gasteiger charge is -2.39. The number of nitrogens with two attached hydrogens (primary N) is 1. The Hall–Kier alpha value is -1.13. The van der Waals surface area contributed by atoms with Crippen LogP contribution in [0.15, 0.2) is 18.3 Å². The number of anilines is 1. The van der Waals surface area contributed by atoms with Gasteiger partial charge in [0, 0.05) is 44.1 Å². The minimum absolute atomic E-state index is 0.634. The maximum Gasteiger partial charge on any atom is 0.0564 e. The van der Waals surface area contributed by atoms with E-state index in [1.807, 2.05) is 12.1 Å². The van der Waals surface area contributed by atoms with Gasteiger partial charge in [0.1, 0.15) is 0 Å². The fraction of sp³-hybridized carbons (Fsp3) is 0.615. The van der Waals surface area contributed by atoms with Crippen molar-refractivity contribution < 1.29 is 0 Å². The maximum absolute atomic E-state index is 5.77. The van der Waals surface area contributed by atoms with E-state index in [0.717, 1.165) is 44.1 Å². The molecule has 1 saturated heterocycles. The Morgan fingerprint density at radius 2 is 2.29 bits per heavy atom. The molecule has 0 saturated carbocycles. The summed E-state index contributed by atoms with van der Waals surface area (Å²) in [5, 5.41) is 0. The van der Waals surface area contributed by atoms with Crippen LogP contribution in [0, 0.1) is 0 Å². The molecule has 0 aliphatic carbocycles. The summed E-state index contributed by atoms with van der Waals surface area (Å²) in [5.41, 5.74) is 7.64. The Bertz CT molecular complexity index is 366. The average molecular weight is 234 g/mol. The molecule has 17 heavy (non-hydrogen) atoms. The number of hydrogen-bond acceptors (Lipinski definition) is 4. The first-order valence-electron chi connectivity index (χ1n) is 6.36. The first-order valence-corrected chi connectivity index (χ1v) is 6.36. The number of rotatable bonds is 3. The van der Waals surface area contributed by atoms with Crippen LogP contribution in [0.4, 0.5) is 5.69 Å². The lowest BCUT2D eigenvalue weighted by atomic mass is 10.2. The van der Waals surface area contributed by atoms with Gasteiger partial charge in [0.25, 0.3) is 0 Å². The second kappa shape index (κ2) is 5.47. The van der Waals surface area contributed by atoms with Crippen molar-refractivity contribution in [2.45, 2.75) is 26.4 Å². The number of pyridine rings is 1. The molecule has 0 aromatic carbocycles. The van der Waals surface area contributed by atoms with Crippen LogP contribution in [0.5, 0.6) is 0 Å². The fourth-order valence-corrected chi connectivity index (χ4v) is 2.50. The number of likely N-dealkylation sites (N-methyl/N-ethyl adjacent to an activating group) is 1. The van der Waals surface area contributed by atoms with Gasteiger partial charge in [-0.05, 0) is 25.6 Å². The number of nitrogens with zero attached hydrogens (tertiary/aromatic N) is 3. The predicted molar refractivity (Wildman–Crippen MR) is 70.6 cm³/mol. The van der Waals surface area contributed by atoms with E-state index >= 15 is 0 Å². The highest BCUT2D eigenvalue weighted by molar-refractivity contribution is 5.37. The van der Waals surface area contributed by atoms with E-state index in [2.05, 4.69) is 28.6 Å². The average Bonchev–Trinajstić information content (AvgIpc) is 2.29. The summed E-state index contributed by atoms with van der Waals surface area (Å²) in [5.74, 6) is 0. The third-order valence-corrected chi connectivity index (χ3v) is 3.48. The van der Waals surface area contributed by atoms with Crippen molar-refractivity contribution in [2.75, 3.05) is 31.9 Å². The van der Waals surface area contributed by atoms with Gasteiger partial charge in [-0.1, -0.05) is 6.92 Å². The summed E-state index contributed by atoms with van der Waals surface area (Å²) in [6, 6.07) is 4.44. The van der Waals surface area contributed by atoms with E-state index in [1.165, 1.54) is 0 Å². The van der Waals surface area contributed by atoms with E-state index in [-0.39, 0.29) is 0 Å². The third-order valence-electron chi connectivity index (χ3n) is 3.48. The molecule has 2 rings (SSSR count). The monoisotopic (exact) mass is 234 g/mol. The molecular weight excluding hydrogens is 212 g/mol. The van der Waals surface area contributed by atoms with Crippen LogP contribution in [-0.4, -0.2) is 47.0 Å². The highest BCUT2D eigenvalue weighted by Crippen LogP contribution is 2.12. The quantitative estimate of drug-likeness (QED) is 0.853. The Kier molecular flexibility index (Phi) is 3.97. The molecule has 4 heteroatoms. The highest BCUT2D eigenvalue weighted by atomic mass is 15.3. The highest BCUT2D eigenvalue weighted by Gasteiger charge is 2.22. The number of piperazine rings is 1. The molecule has 2 N–H and O–H groups in total. The van der Waals surface area contributed by atoms with E-state index in [0.29, 0.717) is 6.04 Å². The van der Waals surface area contributed by atoms with Gasteiger partial charge in [-0.25, -0.2) is 0 Å². The minimum Gasteiger partial charge on any atom is -0.399 e. The van der Waals surface area contributed by atoms with Crippen molar-refractivity contribution in [3.63, 3.8) is 0 Å². The standard InChI is InChI=1S/C13H22N4/c1-3-17-7-6-16(9-11(17)2)10-13-8-12(14)4-5-15-13/h4-5,8,11H,3,6-7,9-10H2,1-2H3,(H2,14,15). The minimum atomic E-state index is 0.634. The summed E-state index contributed by atoms with van der Waals surface area (Å²) in [6.07, 6.45) is 1.79. The summed E-state index contributed by atoms with van der Waals surface area (Å²) in [4.78, 5) is 9.34. The van der Waals surface area contributed by atoms with Crippen LogP contribution in [0.3, 0.4) is 0 Å². The van der Waals surface area contributed by atoms with Gasteiger partial charge in [0.15, 0.2) is 0 Å². The number of hydrogen-bond donors (Lipinski definition) is 1. The molecule has 0 spiro atoms. The van der Waals surface area contributed by atoms with Crippen molar-refractivity contribution in [2.24, 2.45) is 0 Å². The third kappa shape index (κ3) is 3.17. The summed E-state index contributed by atoms with van der Waals surface area (Å²) >= 11 is 0. The Balaban J connectivity index is 1.93. The molecule has 1 aliphatic rings. The van der Waals surface area contributed by atoms with Gasteiger partial charge in [-0.2, -0.15) is 0 Å². The maximum atomic E-state index is 5.77. The molecule has 1 unspecified atom stereocenters. The van der Waals surface area contributed by atoms with Crippen molar-refractivity contribution in [3.05, 3.63) is 24.0 Å². The lowest BCUT2D eigenvalue weighted by molar-refractivity contribution is 0.0827. The number of nitrogen functional groups attached to an aromatic ring is 1. The van der Waals surface area contributed by atoms with Crippen LogP contribution in [0.1, 0.15) is 19.5 Å². The largest absolute Gasteiger partial charge is 0.399 e. The van der Waals surface area contributed by atoms with Crippen molar-refractivity contribution in [1.29, 1.82) is 0 Å². The molecule has 1 fully saturated rings. The van der Waals surface area contributed by atoms with Gasteiger partial charge < -0.3 is 5.73 Å². The molecule has 2 heterocycles. The van der Waals surface area contributed by atoms with Crippen LogP contribution < -0.4 is 5.73 Å². The molecule has 0 radical (unpaired) electrons. The Morgan fingerprint density at radius 3 is 2.94 bits per heavy atom. The molecule has 1 atom stereocenters. The van der Waals surface area contributed by atoms with Crippen LogP contribution in [0.25, 0.3) is 0 Å². The van der Waals surface area contributed by atoms with Crippen molar-refractivity contribution in [1.82, 2.24) is 14.8 Å². The van der Waals surface area contributed by atoms with E-state index in [1.54, 1.807) is 6.20 Å². The van der Waals surface area contributed by atoms with E-state index in [4.69, 9.17) is 5.73 Å². The molecule has 1 aromatic heterocycles. The SMILES string of the molecule is CCN1CCN(Cc2cc(N)ccn2)CC1C. The van der Waals surface area contributed by atoms with Crippen LogP contribution in [-0.2, 0) is 6.54 Å². The normalized spacial score (nSPS) is 22.8. The molecule has 1 aliphatic heterocycles. The Morgan fingerprint density at radius 1 is 1.47 bits per heavy atom. The topological polar surface area (TPSA) is 45.4 Å². The van der Waals surface area contributed by atoms with Crippen LogP contribution >= 0.6 is 0 Å². The van der Waals surface area contributed by atoms with E-state index < -0.39 is 0 Å². The second-order valence-electron chi connectivity index (χ2n) is 4.79. The molecular formula is C13H22N4. The molecule has 0 bridgehead atoms. The second-order valence-corrected chi connectivity index (χ2v) is 4.79. The number of aromatic nitrogens is 1. The van der Waals surface area contributed by atoms with Crippen molar-refractivity contribution >= 4 is 5.69 Å². The zero-order chi connectivity index (χ0) is 12.3. The predicted octanol–water partition coefficient (Wildman–Crippen LogP) is 1.19. The zero-order valence-corrected chi connectivity index (χ0v) is 10.8. The fourth-order valence-electron chi connectivity index (χ4n) is 2.50. The van der Waals surface area contributed by atoms with Gasteiger partial charge in [-0.3, -0.25) is 14.8 Å². The first-order chi connectivity index (χ1) is 8.19. The first kappa shape index (κ1) is 12.3. The van der Waals surface area contributed by atoms with Gasteiger partial charge >= 0.3 is 0 Å². The lowest BCUT2D eigenvalue weighted by Crippen LogP contribution is -2.51. The summed E-state index contributed by atoms with van der Waals surface area (Å²) in [7, 11) is 0. The van der Waals surface area contributed by atoms with Gasteiger partial charge in [-0.15, -0.1) is 0 Å².